The Hall–Kier alpha value is -0.150. The number of aliphatic hydroxyl groups excluding tert-OH is 1. The molecule has 2 nitrogen and oxygen atoms in total. The molecule has 1 aliphatic heterocycles. The van der Waals surface area contributed by atoms with E-state index in [1.165, 1.54) is 0 Å². The standard InChI is InChI=1S/C5H10FNO/c6-4-1-2-7-5(4)3-8/h4-5,7-8H,1-3H2/t4-,5-/m1/s1. The predicted molar refractivity (Wildman–Crippen MR) is 28.4 cm³/mol. The van der Waals surface area contributed by atoms with Crippen LogP contribution in [0.3, 0.4) is 0 Å². The van der Waals surface area contributed by atoms with E-state index in [0.717, 1.165) is 0 Å². The smallest absolute Gasteiger partial charge is 0.119 e. The van der Waals surface area contributed by atoms with Crippen LogP contribution < -0.4 is 5.32 Å². The normalized spacial score (nSPS) is 38.2. The molecular weight excluding hydrogens is 109 g/mol. The number of hydrogen-bond acceptors (Lipinski definition) is 2. The Bertz CT molecular complexity index is 78.8. The Kier molecular flexibility index (Phi) is 1.81. The Morgan fingerprint density at radius 3 is 2.75 bits per heavy atom. The van der Waals surface area contributed by atoms with Crippen LogP contribution in [0.5, 0.6) is 0 Å². The van der Waals surface area contributed by atoms with Crippen molar-refractivity contribution in [1.82, 2.24) is 5.32 Å². The molecule has 1 rings (SSSR count). The minimum atomic E-state index is -0.833. The summed E-state index contributed by atoms with van der Waals surface area (Å²) in [6.07, 6.45) is -0.286. The van der Waals surface area contributed by atoms with Gasteiger partial charge in [0.1, 0.15) is 6.17 Å². The first-order chi connectivity index (χ1) is 3.84. The van der Waals surface area contributed by atoms with E-state index in [1.807, 2.05) is 0 Å². The third-order valence-electron chi connectivity index (χ3n) is 1.46. The highest BCUT2D eigenvalue weighted by Crippen LogP contribution is 2.09. The van der Waals surface area contributed by atoms with Crippen molar-refractivity contribution in [3.8, 4) is 0 Å². The monoisotopic (exact) mass is 119 g/mol. The summed E-state index contributed by atoms with van der Waals surface area (Å²) in [4.78, 5) is 0. The van der Waals surface area contributed by atoms with Crippen molar-refractivity contribution in [2.75, 3.05) is 13.2 Å². The van der Waals surface area contributed by atoms with E-state index in [-0.39, 0.29) is 12.6 Å². The Labute approximate surface area is 47.7 Å². The number of alkyl halides is 1. The minimum Gasteiger partial charge on any atom is -0.395 e. The van der Waals surface area contributed by atoms with Crippen molar-refractivity contribution in [2.45, 2.75) is 18.6 Å². The second kappa shape index (κ2) is 2.42. The summed E-state index contributed by atoms with van der Waals surface area (Å²) in [5, 5.41) is 11.3. The molecule has 2 N–H and O–H groups in total. The van der Waals surface area contributed by atoms with Crippen molar-refractivity contribution in [3.63, 3.8) is 0 Å². The topological polar surface area (TPSA) is 32.3 Å². The second-order valence-electron chi connectivity index (χ2n) is 2.05. The SMILES string of the molecule is OC[C@H]1NCC[C@H]1F. The summed E-state index contributed by atoms with van der Waals surface area (Å²) in [7, 11) is 0. The highest BCUT2D eigenvalue weighted by molar-refractivity contribution is 4.82. The molecule has 1 aliphatic rings. The van der Waals surface area contributed by atoms with Gasteiger partial charge in [0.05, 0.1) is 12.6 Å². The van der Waals surface area contributed by atoms with Crippen LogP contribution in [0.25, 0.3) is 0 Å². The molecule has 8 heavy (non-hydrogen) atoms. The lowest BCUT2D eigenvalue weighted by atomic mass is 10.2. The van der Waals surface area contributed by atoms with Gasteiger partial charge in [-0.25, -0.2) is 4.39 Å². The van der Waals surface area contributed by atoms with Crippen molar-refractivity contribution >= 4 is 0 Å². The van der Waals surface area contributed by atoms with Crippen LogP contribution in [0.1, 0.15) is 6.42 Å². The fraction of sp³-hybridized carbons (Fsp3) is 1.00. The summed E-state index contributed by atoms with van der Waals surface area (Å²) in [5.41, 5.74) is 0. The van der Waals surface area contributed by atoms with Crippen LogP contribution in [0.4, 0.5) is 4.39 Å². The average Bonchev–Trinajstić information content (AvgIpc) is 2.14. The van der Waals surface area contributed by atoms with E-state index < -0.39 is 6.17 Å². The molecule has 0 amide bonds. The molecular formula is C5H10FNO. The quantitative estimate of drug-likeness (QED) is 0.495. The summed E-state index contributed by atoms with van der Waals surface area (Å²) in [5.74, 6) is 0. The number of hydrogen-bond donors (Lipinski definition) is 2. The summed E-state index contributed by atoms with van der Waals surface area (Å²) in [6.45, 7) is 0.619. The molecule has 3 heteroatoms. The van der Waals surface area contributed by atoms with Gasteiger partial charge in [0.25, 0.3) is 0 Å². The molecule has 1 fully saturated rings. The fourth-order valence-electron chi connectivity index (χ4n) is 0.915. The molecule has 48 valence electrons. The van der Waals surface area contributed by atoms with E-state index >= 15 is 0 Å². The Balaban J connectivity index is 2.30. The molecule has 0 aromatic carbocycles. The number of aliphatic hydroxyl groups is 1. The van der Waals surface area contributed by atoms with Crippen molar-refractivity contribution in [2.24, 2.45) is 0 Å². The van der Waals surface area contributed by atoms with Crippen LogP contribution in [0.2, 0.25) is 0 Å². The first kappa shape index (κ1) is 5.98. The van der Waals surface area contributed by atoms with E-state index in [2.05, 4.69) is 5.32 Å². The van der Waals surface area contributed by atoms with Gasteiger partial charge in [-0.15, -0.1) is 0 Å². The fourth-order valence-corrected chi connectivity index (χ4v) is 0.915. The van der Waals surface area contributed by atoms with Gasteiger partial charge in [0.2, 0.25) is 0 Å². The van der Waals surface area contributed by atoms with E-state index in [4.69, 9.17) is 5.11 Å². The van der Waals surface area contributed by atoms with Crippen LogP contribution >= 0.6 is 0 Å². The zero-order valence-electron chi connectivity index (χ0n) is 4.60. The van der Waals surface area contributed by atoms with Gasteiger partial charge < -0.3 is 10.4 Å². The second-order valence-corrected chi connectivity index (χ2v) is 2.05. The highest BCUT2D eigenvalue weighted by atomic mass is 19.1. The van der Waals surface area contributed by atoms with Gasteiger partial charge in [0.15, 0.2) is 0 Å². The van der Waals surface area contributed by atoms with Gasteiger partial charge in [0, 0.05) is 0 Å². The number of halogens is 1. The first-order valence-corrected chi connectivity index (χ1v) is 2.83. The number of nitrogens with one attached hydrogen (secondary N) is 1. The summed E-state index contributed by atoms with van der Waals surface area (Å²) >= 11 is 0. The zero-order valence-corrected chi connectivity index (χ0v) is 4.60. The first-order valence-electron chi connectivity index (χ1n) is 2.83. The lowest BCUT2D eigenvalue weighted by molar-refractivity contribution is 0.196. The van der Waals surface area contributed by atoms with E-state index in [9.17, 15) is 4.39 Å². The lowest BCUT2D eigenvalue weighted by Gasteiger charge is -2.06. The van der Waals surface area contributed by atoms with Gasteiger partial charge in [-0.1, -0.05) is 0 Å². The summed E-state index contributed by atoms with van der Waals surface area (Å²) < 4.78 is 12.4. The van der Waals surface area contributed by atoms with Gasteiger partial charge >= 0.3 is 0 Å². The largest absolute Gasteiger partial charge is 0.395 e. The molecule has 0 spiro atoms. The Morgan fingerprint density at radius 2 is 2.50 bits per heavy atom. The van der Waals surface area contributed by atoms with E-state index in [0.29, 0.717) is 13.0 Å². The molecule has 1 saturated heterocycles. The molecule has 0 bridgehead atoms. The molecule has 0 unspecified atom stereocenters. The molecule has 0 aromatic heterocycles. The highest BCUT2D eigenvalue weighted by Gasteiger charge is 2.24. The van der Waals surface area contributed by atoms with Crippen LogP contribution in [0.15, 0.2) is 0 Å². The van der Waals surface area contributed by atoms with Crippen LogP contribution in [0, 0.1) is 0 Å². The molecule has 0 saturated carbocycles. The minimum absolute atomic E-state index is 0.0822. The Morgan fingerprint density at radius 1 is 1.75 bits per heavy atom. The third kappa shape index (κ3) is 0.980. The van der Waals surface area contributed by atoms with Crippen LogP contribution in [-0.2, 0) is 0 Å². The van der Waals surface area contributed by atoms with Gasteiger partial charge in [-0.3, -0.25) is 0 Å². The predicted octanol–water partition coefficient (Wildman–Crippen LogP) is -0.321. The van der Waals surface area contributed by atoms with Gasteiger partial charge in [-0.05, 0) is 13.0 Å². The van der Waals surface area contributed by atoms with Crippen molar-refractivity contribution < 1.29 is 9.50 Å². The van der Waals surface area contributed by atoms with Crippen LogP contribution in [-0.4, -0.2) is 30.5 Å². The summed E-state index contributed by atoms with van der Waals surface area (Å²) in [6, 6.07) is -0.296. The molecule has 0 radical (unpaired) electrons. The maximum atomic E-state index is 12.4. The number of rotatable bonds is 1. The van der Waals surface area contributed by atoms with Gasteiger partial charge in [-0.2, -0.15) is 0 Å². The maximum Gasteiger partial charge on any atom is 0.119 e. The van der Waals surface area contributed by atoms with E-state index in [1.54, 1.807) is 0 Å². The zero-order chi connectivity index (χ0) is 5.98. The third-order valence-corrected chi connectivity index (χ3v) is 1.46. The average molecular weight is 119 g/mol. The lowest BCUT2D eigenvalue weighted by Crippen LogP contribution is -2.31. The molecule has 1 heterocycles. The molecule has 2 atom stereocenters. The molecule has 0 aromatic rings. The molecule has 0 aliphatic carbocycles. The maximum absolute atomic E-state index is 12.4. The van der Waals surface area contributed by atoms with Crippen molar-refractivity contribution in [1.29, 1.82) is 0 Å². The van der Waals surface area contributed by atoms with Crippen molar-refractivity contribution in [3.05, 3.63) is 0 Å².